The average molecular weight is 601 g/mol. The second kappa shape index (κ2) is 10.2. The Morgan fingerprint density at radius 3 is 2.15 bits per heavy atom. The molecule has 4 rings (SSSR count). The van der Waals surface area contributed by atoms with Crippen LogP contribution in [0.5, 0.6) is 0 Å². The van der Waals surface area contributed by atoms with Crippen molar-refractivity contribution in [3.8, 4) is 0 Å². The first kappa shape index (κ1) is 29.0. The van der Waals surface area contributed by atoms with Gasteiger partial charge in [0, 0.05) is 28.7 Å². The van der Waals surface area contributed by atoms with Crippen molar-refractivity contribution >= 4 is 44.5 Å². The highest BCUT2D eigenvalue weighted by Gasteiger charge is 2.62. The minimum absolute atomic E-state index is 0.0579. The van der Waals surface area contributed by atoms with Crippen LogP contribution in [0.1, 0.15) is 44.6 Å². The molecule has 1 heterocycles. The SMILES string of the molecule is Cc1cc(C)cc(S(C)(=O)=NC(=O)c2ccc(C3=NOC(c4cc(Cl)c(F)c(Cl)c4)(C(F)(F)F)C3)cc2C)c1. The molecule has 1 aliphatic rings. The lowest BCUT2D eigenvalue weighted by atomic mass is 9.86. The first-order valence-corrected chi connectivity index (χ1v) is 14.1. The number of aryl methyl sites for hydroxylation is 3. The average Bonchev–Trinajstić information content (AvgIpc) is 3.28. The zero-order valence-corrected chi connectivity index (χ0v) is 23.4. The van der Waals surface area contributed by atoms with Crippen LogP contribution in [0.2, 0.25) is 10.0 Å². The lowest BCUT2D eigenvalue weighted by molar-refractivity contribution is -0.275. The van der Waals surface area contributed by atoms with Crippen molar-refractivity contribution in [2.75, 3.05) is 6.26 Å². The Morgan fingerprint density at radius 2 is 1.62 bits per heavy atom. The number of alkyl halides is 3. The third-order valence-corrected chi connectivity index (χ3v) is 8.49. The van der Waals surface area contributed by atoms with E-state index < -0.39 is 55.3 Å². The molecule has 3 aromatic rings. The third-order valence-electron chi connectivity index (χ3n) is 6.32. The van der Waals surface area contributed by atoms with E-state index in [1.54, 1.807) is 19.1 Å². The van der Waals surface area contributed by atoms with Crippen LogP contribution in [-0.2, 0) is 20.2 Å². The number of oxime groups is 1. The van der Waals surface area contributed by atoms with Gasteiger partial charge in [-0.2, -0.15) is 17.5 Å². The van der Waals surface area contributed by atoms with Gasteiger partial charge in [-0.3, -0.25) is 4.79 Å². The fourth-order valence-electron chi connectivity index (χ4n) is 4.34. The van der Waals surface area contributed by atoms with Gasteiger partial charge in [0.1, 0.15) is 0 Å². The summed E-state index contributed by atoms with van der Waals surface area (Å²) in [4.78, 5) is 18.3. The smallest absolute Gasteiger partial charge is 0.374 e. The van der Waals surface area contributed by atoms with Crippen LogP contribution in [0.15, 0.2) is 62.9 Å². The van der Waals surface area contributed by atoms with Crippen LogP contribution >= 0.6 is 23.2 Å². The Hall–Kier alpha value is -2.95. The van der Waals surface area contributed by atoms with Crippen molar-refractivity contribution < 1.29 is 31.4 Å². The summed E-state index contributed by atoms with van der Waals surface area (Å²) in [5, 5.41) is 2.50. The maximum Gasteiger partial charge on any atom is 0.435 e. The van der Waals surface area contributed by atoms with E-state index in [4.69, 9.17) is 28.0 Å². The number of hydrogen-bond acceptors (Lipinski definition) is 4. The zero-order valence-electron chi connectivity index (χ0n) is 21.1. The first-order valence-electron chi connectivity index (χ1n) is 11.5. The van der Waals surface area contributed by atoms with Crippen molar-refractivity contribution in [2.24, 2.45) is 9.52 Å². The minimum Gasteiger partial charge on any atom is -0.374 e. The third kappa shape index (κ3) is 5.55. The summed E-state index contributed by atoms with van der Waals surface area (Å²) in [6, 6.07) is 11.2. The minimum atomic E-state index is -4.96. The fourth-order valence-corrected chi connectivity index (χ4v) is 6.16. The number of carbonyl (C=O) groups excluding carboxylic acids is 1. The van der Waals surface area contributed by atoms with Gasteiger partial charge in [0.15, 0.2) is 5.82 Å². The topological polar surface area (TPSA) is 68.1 Å². The molecule has 1 aliphatic heterocycles. The van der Waals surface area contributed by atoms with Crippen molar-refractivity contribution in [3.63, 3.8) is 0 Å². The van der Waals surface area contributed by atoms with Crippen LogP contribution in [-0.4, -0.2) is 28.3 Å². The van der Waals surface area contributed by atoms with E-state index in [2.05, 4.69) is 9.52 Å². The van der Waals surface area contributed by atoms with E-state index in [0.717, 1.165) is 23.3 Å². The Balaban J connectivity index is 1.66. The molecule has 0 fully saturated rings. The number of halogens is 6. The molecule has 0 N–H and O–H groups in total. The molecule has 0 aromatic heterocycles. The Bertz CT molecular complexity index is 1620. The van der Waals surface area contributed by atoms with E-state index in [9.17, 15) is 26.6 Å². The first-order chi connectivity index (χ1) is 18.0. The van der Waals surface area contributed by atoms with E-state index in [1.807, 2.05) is 19.9 Å². The van der Waals surface area contributed by atoms with Gasteiger partial charge in [-0.15, -0.1) is 0 Å². The number of amides is 1. The number of nitrogens with zero attached hydrogens (tertiary/aromatic N) is 2. The van der Waals surface area contributed by atoms with Gasteiger partial charge in [0.2, 0.25) is 0 Å². The Labute approximate surface area is 232 Å². The normalized spacial score (nSPS) is 18.8. The van der Waals surface area contributed by atoms with Crippen LogP contribution in [0, 0.1) is 26.6 Å². The highest BCUT2D eigenvalue weighted by atomic mass is 35.5. The zero-order chi connectivity index (χ0) is 28.9. The molecule has 3 aromatic carbocycles. The molecule has 0 spiro atoms. The van der Waals surface area contributed by atoms with Crippen LogP contribution in [0.25, 0.3) is 0 Å². The van der Waals surface area contributed by atoms with Crippen LogP contribution in [0.3, 0.4) is 0 Å². The predicted molar refractivity (Wildman–Crippen MR) is 143 cm³/mol. The number of carbonyl (C=O) groups is 1. The van der Waals surface area contributed by atoms with E-state index in [-0.39, 0.29) is 16.8 Å². The van der Waals surface area contributed by atoms with Crippen LogP contribution < -0.4 is 0 Å². The Morgan fingerprint density at radius 1 is 1.03 bits per heavy atom. The van der Waals surface area contributed by atoms with E-state index >= 15 is 0 Å². The molecule has 2 atom stereocenters. The highest BCUT2D eigenvalue weighted by molar-refractivity contribution is 7.93. The second-order valence-electron chi connectivity index (χ2n) is 9.44. The summed E-state index contributed by atoms with van der Waals surface area (Å²) < 4.78 is 74.0. The largest absolute Gasteiger partial charge is 0.435 e. The highest BCUT2D eigenvalue weighted by Crippen LogP contribution is 2.50. The molecule has 1 amide bonds. The number of hydrogen-bond donors (Lipinski definition) is 0. The molecule has 0 saturated carbocycles. The molecular formula is C27H22Cl2F4N2O3S. The monoisotopic (exact) mass is 600 g/mol. The van der Waals surface area contributed by atoms with Crippen molar-refractivity contribution in [3.05, 3.63) is 97.8 Å². The van der Waals surface area contributed by atoms with Crippen molar-refractivity contribution in [1.82, 2.24) is 0 Å². The lowest BCUT2D eigenvalue weighted by Crippen LogP contribution is -2.42. The number of benzene rings is 3. The standard InChI is InChI=1S/C27H22Cl2F4N2O3S/c1-14-7-15(2)9-19(8-14)39(4,37)35-25(36)20-6-5-17(10-16(20)3)23-13-26(38-34-23,27(31,32)33)18-11-21(28)24(30)22(29)12-18/h5-12H,13H2,1-4H3. The second-order valence-corrected chi connectivity index (χ2v) is 12.5. The summed E-state index contributed by atoms with van der Waals surface area (Å²) >= 11 is 11.5. The molecule has 0 aliphatic carbocycles. The predicted octanol–water partition coefficient (Wildman–Crippen LogP) is 7.94. The molecular weight excluding hydrogens is 579 g/mol. The molecule has 2 unspecified atom stereocenters. The van der Waals surface area contributed by atoms with E-state index in [0.29, 0.717) is 10.5 Å². The molecule has 39 heavy (non-hydrogen) atoms. The van der Waals surface area contributed by atoms with Gasteiger partial charge in [-0.1, -0.05) is 40.5 Å². The van der Waals surface area contributed by atoms with Gasteiger partial charge in [0.05, 0.1) is 25.5 Å². The van der Waals surface area contributed by atoms with E-state index in [1.165, 1.54) is 24.5 Å². The molecule has 206 valence electrons. The van der Waals surface area contributed by atoms with Gasteiger partial charge < -0.3 is 4.84 Å². The molecule has 5 nitrogen and oxygen atoms in total. The maximum atomic E-state index is 14.3. The van der Waals surface area contributed by atoms with Crippen molar-refractivity contribution in [1.29, 1.82) is 0 Å². The lowest BCUT2D eigenvalue weighted by Gasteiger charge is -2.29. The Kier molecular flexibility index (Phi) is 7.61. The molecule has 0 saturated heterocycles. The summed E-state index contributed by atoms with van der Waals surface area (Å²) in [6.45, 7) is 5.27. The summed E-state index contributed by atoms with van der Waals surface area (Å²) in [7, 11) is -3.06. The van der Waals surface area contributed by atoms with Gasteiger partial charge >= 0.3 is 6.18 Å². The van der Waals surface area contributed by atoms with Gasteiger partial charge in [-0.05, 0) is 79.4 Å². The molecule has 12 heteroatoms. The summed E-state index contributed by atoms with van der Waals surface area (Å²) in [5.74, 6) is -1.77. The summed E-state index contributed by atoms with van der Waals surface area (Å²) in [5.41, 5.74) is -0.964. The molecule has 0 bridgehead atoms. The van der Waals surface area contributed by atoms with Gasteiger partial charge in [0.25, 0.3) is 11.5 Å². The fraction of sp³-hybridized carbons (Fsp3) is 0.259. The maximum absolute atomic E-state index is 14.3. The number of rotatable bonds is 4. The summed E-state index contributed by atoms with van der Waals surface area (Å²) in [6.07, 6.45) is -4.33. The van der Waals surface area contributed by atoms with Crippen molar-refractivity contribution in [2.45, 2.75) is 43.9 Å². The van der Waals surface area contributed by atoms with Gasteiger partial charge in [-0.25, -0.2) is 8.60 Å². The van der Waals surface area contributed by atoms with Crippen LogP contribution in [0.4, 0.5) is 17.6 Å². The molecule has 0 radical (unpaired) electrons. The quantitative estimate of drug-likeness (QED) is 0.225.